The molecule has 0 bridgehead atoms. The van der Waals surface area contributed by atoms with Gasteiger partial charge < -0.3 is 15.3 Å². The second-order valence-corrected chi connectivity index (χ2v) is 7.41. The van der Waals surface area contributed by atoms with Gasteiger partial charge in [0.15, 0.2) is 0 Å². The third-order valence-corrected chi connectivity index (χ3v) is 3.95. The Morgan fingerprint density at radius 2 is 1.82 bits per heavy atom. The van der Waals surface area contributed by atoms with E-state index >= 15 is 0 Å². The first-order chi connectivity index (χ1) is 10.0. The van der Waals surface area contributed by atoms with Crippen molar-refractivity contribution in [1.29, 1.82) is 0 Å². The Hall–Kier alpha value is -1.59. The van der Waals surface area contributed by atoms with Gasteiger partial charge in [-0.2, -0.15) is 0 Å². The van der Waals surface area contributed by atoms with Gasteiger partial charge in [-0.15, -0.1) is 0 Å². The number of aliphatic carboxylic acids is 1. The van der Waals surface area contributed by atoms with Crippen LogP contribution in [0.3, 0.4) is 0 Å². The van der Waals surface area contributed by atoms with Crippen LogP contribution in [0.5, 0.6) is 0 Å². The largest absolute Gasteiger partial charge is 0.480 e. The van der Waals surface area contributed by atoms with Crippen molar-refractivity contribution in [3.8, 4) is 0 Å². The highest BCUT2D eigenvalue weighted by Crippen LogP contribution is 2.23. The number of carbonyl (C=O) groups is 3. The van der Waals surface area contributed by atoms with Gasteiger partial charge in [0.1, 0.15) is 6.04 Å². The number of carboxylic acid groups (broad SMARTS) is 1. The predicted molar refractivity (Wildman–Crippen MR) is 83.2 cm³/mol. The number of rotatable bonds is 4. The molecule has 0 spiro atoms. The van der Waals surface area contributed by atoms with E-state index in [-0.39, 0.29) is 23.7 Å². The molecule has 1 heterocycles. The molecule has 6 nitrogen and oxygen atoms in total. The van der Waals surface area contributed by atoms with Gasteiger partial charge in [0, 0.05) is 18.5 Å². The van der Waals surface area contributed by atoms with Crippen LogP contribution < -0.4 is 5.32 Å². The molecule has 126 valence electrons. The first-order valence-corrected chi connectivity index (χ1v) is 7.86. The zero-order valence-electron chi connectivity index (χ0n) is 14.2. The lowest BCUT2D eigenvalue weighted by molar-refractivity contribution is -0.146. The number of nitrogens with zero attached hydrogens (tertiary/aromatic N) is 1. The summed E-state index contributed by atoms with van der Waals surface area (Å²) in [5, 5.41) is 11.8. The summed E-state index contributed by atoms with van der Waals surface area (Å²) >= 11 is 0. The minimum absolute atomic E-state index is 0.0312. The quantitative estimate of drug-likeness (QED) is 0.823. The van der Waals surface area contributed by atoms with Crippen molar-refractivity contribution in [2.75, 3.05) is 13.1 Å². The molecule has 2 unspecified atom stereocenters. The Labute approximate surface area is 132 Å². The minimum atomic E-state index is -1.03. The number of nitrogens with one attached hydrogen (secondary N) is 1. The Bertz CT molecular complexity index is 440. The molecule has 0 aromatic heterocycles. The molecular weight excluding hydrogens is 284 g/mol. The molecule has 2 amide bonds. The summed E-state index contributed by atoms with van der Waals surface area (Å²) in [6.07, 6.45) is 1.45. The second kappa shape index (κ2) is 7.11. The van der Waals surface area contributed by atoms with Gasteiger partial charge in [-0.1, -0.05) is 34.6 Å². The Balaban J connectivity index is 2.70. The van der Waals surface area contributed by atoms with Crippen LogP contribution in [0.2, 0.25) is 0 Å². The Morgan fingerprint density at radius 3 is 2.27 bits per heavy atom. The van der Waals surface area contributed by atoms with Gasteiger partial charge in [0.25, 0.3) is 0 Å². The first kappa shape index (κ1) is 18.5. The molecular formula is C16H28N2O4. The number of amides is 2. The van der Waals surface area contributed by atoms with Crippen LogP contribution in [0.1, 0.15) is 47.5 Å². The lowest BCUT2D eigenvalue weighted by Gasteiger charge is -2.36. The van der Waals surface area contributed by atoms with Crippen LogP contribution in [0.25, 0.3) is 0 Å². The zero-order chi connectivity index (χ0) is 17.1. The average molecular weight is 312 g/mol. The molecule has 2 atom stereocenters. The monoisotopic (exact) mass is 312 g/mol. The Morgan fingerprint density at radius 1 is 1.23 bits per heavy atom. The molecule has 0 aliphatic carbocycles. The summed E-state index contributed by atoms with van der Waals surface area (Å²) < 4.78 is 0. The summed E-state index contributed by atoms with van der Waals surface area (Å²) in [5.41, 5.74) is -0.472. The van der Waals surface area contributed by atoms with Gasteiger partial charge in [-0.3, -0.25) is 9.59 Å². The van der Waals surface area contributed by atoms with Crippen molar-refractivity contribution in [3.63, 3.8) is 0 Å². The fraction of sp³-hybridized carbons (Fsp3) is 0.812. The van der Waals surface area contributed by atoms with Crippen molar-refractivity contribution < 1.29 is 19.5 Å². The molecule has 0 aromatic carbocycles. The zero-order valence-corrected chi connectivity index (χ0v) is 14.2. The molecule has 1 rings (SSSR count). The van der Waals surface area contributed by atoms with E-state index in [0.717, 1.165) is 6.42 Å². The standard InChI is InChI=1S/C16H28N2O4/c1-10(2)12(14(20)21)17-13(19)11-7-6-8-18(9-11)15(22)16(3,4)5/h10-12H,6-9H2,1-5H3,(H,17,19)(H,20,21). The van der Waals surface area contributed by atoms with E-state index in [2.05, 4.69) is 5.32 Å². The second-order valence-electron chi connectivity index (χ2n) is 7.41. The van der Waals surface area contributed by atoms with Crippen LogP contribution >= 0.6 is 0 Å². The van der Waals surface area contributed by atoms with Crippen LogP contribution in [0.15, 0.2) is 0 Å². The van der Waals surface area contributed by atoms with Crippen molar-refractivity contribution in [2.24, 2.45) is 17.3 Å². The summed E-state index contributed by atoms with van der Waals surface area (Å²) in [6.45, 7) is 10.1. The molecule has 0 radical (unpaired) electrons. The summed E-state index contributed by atoms with van der Waals surface area (Å²) in [7, 11) is 0. The molecule has 22 heavy (non-hydrogen) atoms. The number of carbonyl (C=O) groups excluding carboxylic acids is 2. The fourth-order valence-electron chi connectivity index (χ4n) is 2.63. The van der Waals surface area contributed by atoms with E-state index in [9.17, 15) is 14.4 Å². The van der Waals surface area contributed by atoms with Gasteiger partial charge in [-0.25, -0.2) is 4.79 Å². The van der Waals surface area contributed by atoms with E-state index in [4.69, 9.17) is 5.11 Å². The first-order valence-electron chi connectivity index (χ1n) is 7.86. The van der Waals surface area contributed by atoms with Gasteiger partial charge in [0.2, 0.25) is 11.8 Å². The topological polar surface area (TPSA) is 86.7 Å². The van der Waals surface area contributed by atoms with Gasteiger partial charge >= 0.3 is 5.97 Å². The van der Waals surface area contributed by atoms with Gasteiger partial charge in [0.05, 0.1) is 5.92 Å². The van der Waals surface area contributed by atoms with E-state index < -0.39 is 17.4 Å². The molecule has 6 heteroatoms. The molecule has 0 saturated carbocycles. The van der Waals surface area contributed by atoms with Crippen molar-refractivity contribution in [1.82, 2.24) is 10.2 Å². The van der Waals surface area contributed by atoms with Crippen LogP contribution in [0.4, 0.5) is 0 Å². The van der Waals surface area contributed by atoms with Gasteiger partial charge in [-0.05, 0) is 18.8 Å². The maximum absolute atomic E-state index is 12.3. The number of hydrogen-bond acceptors (Lipinski definition) is 3. The predicted octanol–water partition coefficient (Wildman–Crippen LogP) is 1.50. The third kappa shape index (κ3) is 4.71. The summed E-state index contributed by atoms with van der Waals surface area (Å²) in [6, 6.07) is -0.888. The highest BCUT2D eigenvalue weighted by atomic mass is 16.4. The van der Waals surface area contributed by atoms with E-state index in [1.807, 2.05) is 20.8 Å². The van der Waals surface area contributed by atoms with Crippen molar-refractivity contribution in [2.45, 2.75) is 53.5 Å². The minimum Gasteiger partial charge on any atom is -0.480 e. The molecule has 0 aromatic rings. The summed E-state index contributed by atoms with van der Waals surface area (Å²) in [5.74, 6) is -1.78. The number of carboxylic acids is 1. The number of piperidine rings is 1. The van der Waals surface area contributed by atoms with E-state index in [0.29, 0.717) is 19.5 Å². The lowest BCUT2D eigenvalue weighted by atomic mass is 9.90. The van der Waals surface area contributed by atoms with Crippen LogP contribution in [-0.2, 0) is 14.4 Å². The highest BCUT2D eigenvalue weighted by Gasteiger charge is 2.34. The average Bonchev–Trinajstić information content (AvgIpc) is 2.42. The third-order valence-electron chi connectivity index (χ3n) is 3.95. The van der Waals surface area contributed by atoms with Crippen LogP contribution in [0, 0.1) is 17.3 Å². The lowest BCUT2D eigenvalue weighted by Crippen LogP contribution is -2.52. The molecule has 1 aliphatic rings. The van der Waals surface area contributed by atoms with Crippen molar-refractivity contribution in [3.05, 3.63) is 0 Å². The molecule has 1 aliphatic heterocycles. The summed E-state index contributed by atoms with van der Waals surface area (Å²) in [4.78, 5) is 37.6. The Kier molecular flexibility index (Phi) is 5.97. The molecule has 1 fully saturated rings. The smallest absolute Gasteiger partial charge is 0.326 e. The fourth-order valence-corrected chi connectivity index (χ4v) is 2.63. The number of hydrogen-bond donors (Lipinski definition) is 2. The molecule has 1 saturated heterocycles. The van der Waals surface area contributed by atoms with E-state index in [1.54, 1.807) is 18.7 Å². The maximum Gasteiger partial charge on any atom is 0.326 e. The highest BCUT2D eigenvalue weighted by molar-refractivity contribution is 5.86. The normalized spacial score (nSPS) is 20.6. The SMILES string of the molecule is CC(C)C(NC(=O)C1CCCN(C(=O)C(C)(C)C)C1)C(=O)O. The van der Waals surface area contributed by atoms with Crippen LogP contribution in [-0.4, -0.2) is 46.9 Å². The number of likely N-dealkylation sites (tertiary alicyclic amines) is 1. The van der Waals surface area contributed by atoms with E-state index in [1.165, 1.54) is 0 Å². The molecule has 2 N–H and O–H groups in total. The maximum atomic E-state index is 12.3. The van der Waals surface area contributed by atoms with Crippen molar-refractivity contribution >= 4 is 17.8 Å².